The van der Waals surface area contributed by atoms with Crippen molar-refractivity contribution < 1.29 is 0 Å². The van der Waals surface area contributed by atoms with Crippen LogP contribution in [0.15, 0.2) is 60.9 Å². The summed E-state index contributed by atoms with van der Waals surface area (Å²) in [6, 6.07) is 16.9. The molecule has 1 heterocycles. The first-order valence-corrected chi connectivity index (χ1v) is 6.91. The molecule has 0 saturated heterocycles. The van der Waals surface area contributed by atoms with Crippen LogP contribution in [-0.2, 0) is 13.1 Å². The Hall–Kier alpha value is -2.19. The standard InChI is InChI=1S/C18H18N2/c1-14-6-2-3-7-15(14)10-19-12-17-13-20-11-16-8-4-5-9-18(16)17/h2-9,11,13,19H,10,12H2,1H3. The molecule has 20 heavy (non-hydrogen) atoms. The van der Waals surface area contributed by atoms with Gasteiger partial charge in [0.25, 0.3) is 0 Å². The molecule has 3 rings (SSSR count). The minimum atomic E-state index is 0.836. The van der Waals surface area contributed by atoms with Crippen LogP contribution < -0.4 is 5.32 Å². The van der Waals surface area contributed by atoms with Gasteiger partial charge in [0, 0.05) is 30.9 Å². The first-order valence-electron chi connectivity index (χ1n) is 6.91. The van der Waals surface area contributed by atoms with Gasteiger partial charge in [0.1, 0.15) is 0 Å². The van der Waals surface area contributed by atoms with Gasteiger partial charge < -0.3 is 5.32 Å². The van der Waals surface area contributed by atoms with Crippen molar-refractivity contribution >= 4 is 10.8 Å². The van der Waals surface area contributed by atoms with Crippen molar-refractivity contribution in [3.8, 4) is 0 Å². The molecule has 0 spiro atoms. The van der Waals surface area contributed by atoms with Crippen LogP contribution >= 0.6 is 0 Å². The highest BCUT2D eigenvalue weighted by atomic mass is 14.9. The van der Waals surface area contributed by atoms with Crippen LogP contribution in [0.5, 0.6) is 0 Å². The fraction of sp³-hybridized carbons (Fsp3) is 0.167. The number of aryl methyl sites for hydroxylation is 1. The number of hydrogen-bond acceptors (Lipinski definition) is 2. The quantitative estimate of drug-likeness (QED) is 0.773. The predicted molar refractivity (Wildman–Crippen MR) is 83.5 cm³/mol. The second-order valence-electron chi connectivity index (χ2n) is 5.05. The highest BCUT2D eigenvalue weighted by molar-refractivity contribution is 5.84. The molecule has 2 aromatic carbocycles. The summed E-state index contributed by atoms with van der Waals surface area (Å²) in [6.45, 7) is 3.87. The molecule has 0 fully saturated rings. The number of nitrogens with zero attached hydrogens (tertiary/aromatic N) is 1. The molecule has 100 valence electrons. The molecule has 0 aliphatic carbocycles. The lowest BCUT2D eigenvalue weighted by Gasteiger charge is -2.09. The average Bonchev–Trinajstić information content (AvgIpc) is 2.49. The molecule has 0 radical (unpaired) electrons. The van der Waals surface area contributed by atoms with E-state index in [-0.39, 0.29) is 0 Å². The van der Waals surface area contributed by atoms with E-state index in [1.165, 1.54) is 27.5 Å². The van der Waals surface area contributed by atoms with Crippen LogP contribution in [-0.4, -0.2) is 4.98 Å². The maximum Gasteiger partial charge on any atom is 0.0346 e. The van der Waals surface area contributed by atoms with Gasteiger partial charge in [-0.15, -0.1) is 0 Å². The van der Waals surface area contributed by atoms with E-state index in [2.05, 4.69) is 65.8 Å². The zero-order chi connectivity index (χ0) is 13.8. The van der Waals surface area contributed by atoms with Crippen molar-refractivity contribution in [2.24, 2.45) is 0 Å². The maximum atomic E-state index is 4.32. The average molecular weight is 262 g/mol. The van der Waals surface area contributed by atoms with E-state index in [1.807, 2.05) is 12.4 Å². The van der Waals surface area contributed by atoms with Gasteiger partial charge >= 0.3 is 0 Å². The summed E-state index contributed by atoms with van der Waals surface area (Å²) >= 11 is 0. The normalized spacial score (nSPS) is 10.8. The number of benzene rings is 2. The topological polar surface area (TPSA) is 24.9 Å². The Morgan fingerprint density at radius 2 is 1.60 bits per heavy atom. The third-order valence-corrected chi connectivity index (χ3v) is 3.64. The second kappa shape index (κ2) is 5.85. The van der Waals surface area contributed by atoms with Crippen LogP contribution in [0.3, 0.4) is 0 Å². The molecule has 1 N–H and O–H groups in total. The second-order valence-corrected chi connectivity index (χ2v) is 5.05. The summed E-state index contributed by atoms with van der Waals surface area (Å²) in [5.41, 5.74) is 3.92. The number of aromatic nitrogens is 1. The fourth-order valence-electron chi connectivity index (χ4n) is 2.46. The van der Waals surface area contributed by atoms with Crippen LogP contribution in [0.25, 0.3) is 10.8 Å². The molecule has 0 unspecified atom stereocenters. The number of rotatable bonds is 4. The maximum absolute atomic E-state index is 4.32. The lowest BCUT2D eigenvalue weighted by molar-refractivity contribution is 0.692. The Morgan fingerprint density at radius 3 is 2.50 bits per heavy atom. The molecule has 1 aromatic heterocycles. The number of hydrogen-bond donors (Lipinski definition) is 1. The van der Waals surface area contributed by atoms with E-state index in [1.54, 1.807) is 0 Å². The van der Waals surface area contributed by atoms with Crippen LogP contribution in [0.1, 0.15) is 16.7 Å². The summed E-state index contributed by atoms with van der Waals surface area (Å²) in [5, 5.41) is 5.99. The van der Waals surface area contributed by atoms with E-state index >= 15 is 0 Å². The predicted octanol–water partition coefficient (Wildman–Crippen LogP) is 3.83. The largest absolute Gasteiger partial charge is 0.309 e. The summed E-state index contributed by atoms with van der Waals surface area (Å²) in [7, 11) is 0. The highest BCUT2D eigenvalue weighted by Gasteiger charge is 2.01. The molecule has 0 bridgehead atoms. The number of fused-ring (bicyclic) bond motifs is 1. The molecule has 0 saturated carbocycles. The summed E-state index contributed by atoms with van der Waals surface area (Å²) in [6.07, 6.45) is 3.87. The zero-order valence-electron chi connectivity index (χ0n) is 11.6. The van der Waals surface area contributed by atoms with Gasteiger partial charge in [-0.3, -0.25) is 4.98 Å². The fourth-order valence-corrected chi connectivity index (χ4v) is 2.46. The molecule has 0 aliphatic rings. The van der Waals surface area contributed by atoms with Gasteiger partial charge in [0.05, 0.1) is 0 Å². The smallest absolute Gasteiger partial charge is 0.0346 e. The monoisotopic (exact) mass is 262 g/mol. The summed E-state index contributed by atoms with van der Waals surface area (Å²) in [5.74, 6) is 0. The van der Waals surface area contributed by atoms with E-state index in [0.29, 0.717) is 0 Å². The van der Waals surface area contributed by atoms with Crippen molar-refractivity contribution in [1.82, 2.24) is 10.3 Å². The Morgan fingerprint density at radius 1 is 0.850 bits per heavy atom. The minimum Gasteiger partial charge on any atom is -0.309 e. The van der Waals surface area contributed by atoms with Crippen molar-refractivity contribution in [3.05, 3.63) is 77.6 Å². The van der Waals surface area contributed by atoms with Crippen molar-refractivity contribution in [3.63, 3.8) is 0 Å². The van der Waals surface area contributed by atoms with Gasteiger partial charge in [-0.25, -0.2) is 0 Å². The number of nitrogens with one attached hydrogen (secondary N) is 1. The molecule has 2 heteroatoms. The first-order chi connectivity index (χ1) is 9.84. The SMILES string of the molecule is Cc1ccccc1CNCc1cncc2ccccc12. The summed E-state index contributed by atoms with van der Waals surface area (Å²) in [4.78, 5) is 4.32. The molecule has 0 atom stereocenters. The summed E-state index contributed by atoms with van der Waals surface area (Å²) < 4.78 is 0. The third-order valence-electron chi connectivity index (χ3n) is 3.64. The third kappa shape index (κ3) is 2.70. The van der Waals surface area contributed by atoms with Gasteiger partial charge in [0.2, 0.25) is 0 Å². The van der Waals surface area contributed by atoms with Crippen molar-refractivity contribution in [1.29, 1.82) is 0 Å². The molecular weight excluding hydrogens is 244 g/mol. The molecule has 0 amide bonds. The van der Waals surface area contributed by atoms with Crippen LogP contribution in [0.2, 0.25) is 0 Å². The van der Waals surface area contributed by atoms with Crippen LogP contribution in [0, 0.1) is 6.92 Å². The van der Waals surface area contributed by atoms with Gasteiger partial charge in [0.15, 0.2) is 0 Å². The zero-order valence-corrected chi connectivity index (χ0v) is 11.6. The van der Waals surface area contributed by atoms with Gasteiger partial charge in [-0.05, 0) is 29.0 Å². The van der Waals surface area contributed by atoms with Crippen LogP contribution in [0.4, 0.5) is 0 Å². The molecule has 2 nitrogen and oxygen atoms in total. The Kier molecular flexibility index (Phi) is 3.75. The van der Waals surface area contributed by atoms with Gasteiger partial charge in [-0.2, -0.15) is 0 Å². The first kappa shape index (κ1) is 12.8. The lowest BCUT2D eigenvalue weighted by Crippen LogP contribution is -2.13. The number of pyridine rings is 1. The van der Waals surface area contributed by atoms with E-state index in [9.17, 15) is 0 Å². The van der Waals surface area contributed by atoms with E-state index < -0.39 is 0 Å². The highest BCUT2D eigenvalue weighted by Crippen LogP contribution is 2.17. The molecule has 3 aromatic rings. The van der Waals surface area contributed by atoms with E-state index in [4.69, 9.17) is 0 Å². The Balaban J connectivity index is 1.73. The Labute approximate surface area is 119 Å². The minimum absolute atomic E-state index is 0.836. The lowest BCUT2D eigenvalue weighted by atomic mass is 10.1. The molecular formula is C18H18N2. The molecule has 0 aliphatic heterocycles. The van der Waals surface area contributed by atoms with E-state index in [0.717, 1.165) is 13.1 Å². The Bertz CT molecular complexity index is 714. The van der Waals surface area contributed by atoms with Crippen molar-refractivity contribution in [2.45, 2.75) is 20.0 Å². The van der Waals surface area contributed by atoms with Crippen molar-refractivity contribution in [2.75, 3.05) is 0 Å². The van der Waals surface area contributed by atoms with Gasteiger partial charge in [-0.1, -0.05) is 48.5 Å².